The third-order valence-electron chi connectivity index (χ3n) is 7.18. The summed E-state index contributed by atoms with van der Waals surface area (Å²) >= 11 is 0. The van der Waals surface area contributed by atoms with Gasteiger partial charge < -0.3 is 19.3 Å². The van der Waals surface area contributed by atoms with Crippen LogP contribution in [0.3, 0.4) is 0 Å². The second-order valence-corrected chi connectivity index (χ2v) is 10.8. The maximum Gasteiger partial charge on any atom is 0.311 e. The summed E-state index contributed by atoms with van der Waals surface area (Å²) < 4.78 is 10.6. The molecule has 2 amide bonds. The fourth-order valence-electron chi connectivity index (χ4n) is 4.53. The second kappa shape index (κ2) is 12.0. The molecule has 1 saturated heterocycles. The van der Waals surface area contributed by atoms with Crippen LogP contribution in [0, 0.1) is 23.2 Å². The van der Waals surface area contributed by atoms with E-state index in [1.165, 1.54) is 7.11 Å². The summed E-state index contributed by atoms with van der Waals surface area (Å²) in [6, 6.07) is -0.391. The Hall–Kier alpha value is -1.89. The molecule has 0 aliphatic carbocycles. The number of methoxy groups -OCH3 is 2. The van der Waals surface area contributed by atoms with E-state index in [-0.39, 0.29) is 47.1 Å². The number of rotatable bonds is 9. The molecule has 0 radical (unpaired) electrons. The normalized spacial score (nSPS) is 20.9. The first-order valence-electron chi connectivity index (χ1n) is 12.1. The smallest absolute Gasteiger partial charge is 0.311 e. The summed E-state index contributed by atoms with van der Waals surface area (Å²) in [6.07, 6.45) is 3.11. The van der Waals surface area contributed by atoms with E-state index in [9.17, 15) is 14.4 Å². The van der Waals surface area contributed by atoms with Crippen LogP contribution in [-0.2, 0) is 23.9 Å². The van der Waals surface area contributed by atoms with Crippen LogP contribution < -0.4 is 0 Å². The standard InChI is InChI=1S/C26H46N2O5/c1-16(2)21(27(9)24(30)19(5)26(6,7)8)15-17(3)23(29)28-14-12-13-20(28)22(32-10)18(4)25(31)33-11/h15-16,18-22H,12-14H2,1-11H3/b17-15+/t18-,19-,20+,21-,22-/m1/s1. The summed E-state index contributed by atoms with van der Waals surface area (Å²) in [7, 11) is 4.75. The molecule has 0 spiro atoms. The zero-order valence-corrected chi connectivity index (χ0v) is 22.6. The second-order valence-electron chi connectivity index (χ2n) is 10.8. The predicted molar refractivity (Wildman–Crippen MR) is 130 cm³/mol. The average molecular weight is 467 g/mol. The molecule has 0 saturated carbocycles. The van der Waals surface area contributed by atoms with Crippen molar-refractivity contribution in [3.8, 4) is 0 Å². The number of amides is 2. The first kappa shape index (κ1) is 29.1. The van der Waals surface area contributed by atoms with Gasteiger partial charge in [-0.2, -0.15) is 0 Å². The number of esters is 1. The molecule has 7 heteroatoms. The molecular formula is C26H46N2O5. The van der Waals surface area contributed by atoms with Crippen LogP contribution in [0.25, 0.3) is 0 Å². The van der Waals surface area contributed by atoms with Crippen molar-refractivity contribution in [3.05, 3.63) is 11.6 Å². The molecule has 0 aromatic rings. The number of ether oxygens (including phenoxy) is 2. The molecule has 0 bridgehead atoms. The molecule has 1 heterocycles. The van der Waals surface area contributed by atoms with Gasteiger partial charge >= 0.3 is 5.97 Å². The number of hydrogen-bond donors (Lipinski definition) is 0. The summed E-state index contributed by atoms with van der Waals surface area (Å²) in [4.78, 5) is 42.3. The van der Waals surface area contributed by atoms with Gasteiger partial charge in [-0.05, 0) is 38.0 Å². The molecule has 1 aliphatic rings. The molecule has 7 nitrogen and oxygen atoms in total. The first-order valence-corrected chi connectivity index (χ1v) is 12.1. The average Bonchev–Trinajstić information content (AvgIpc) is 3.23. The molecule has 5 atom stereocenters. The molecule has 1 fully saturated rings. The quantitative estimate of drug-likeness (QED) is 0.380. The predicted octanol–water partition coefficient (Wildman–Crippen LogP) is 3.91. The fourth-order valence-corrected chi connectivity index (χ4v) is 4.53. The first-order chi connectivity index (χ1) is 15.2. The van der Waals surface area contributed by atoms with E-state index in [0.717, 1.165) is 12.8 Å². The third-order valence-corrected chi connectivity index (χ3v) is 7.18. The number of likely N-dealkylation sites (tertiary alicyclic amines) is 1. The summed E-state index contributed by atoms with van der Waals surface area (Å²) in [5.74, 6) is -0.821. The van der Waals surface area contributed by atoms with E-state index in [4.69, 9.17) is 9.47 Å². The summed E-state index contributed by atoms with van der Waals surface area (Å²) in [6.45, 7) is 16.5. The van der Waals surface area contributed by atoms with Crippen LogP contribution in [0.4, 0.5) is 0 Å². The number of carbonyl (C=O) groups excluding carboxylic acids is 3. The van der Waals surface area contributed by atoms with Crippen LogP contribution in [-0.4, -0.2) is 73.6 Å². The van der Waals surface area contributed by atoms with Crippen molar-refractivity contribution < 1.29 is 23.9 Å². The van der Waals surface area contributed by atoms with Crippen molar-refractivity contribution in [1.29, 1.82) is 0 Å². The van der Waals surface area contributed by atoms with Crippen LogP contribution in [0.2, 0.25) is 0 Å². The number of nitrogens with zero attached hydrogens (tertiary/aromatic N) is 2. The Labute approximate surface area is 200 Å². The van der Waals surface area contributed by atoms with Gasteiger partial charge in [-0.15, -0.1) is 0 Å². The van der Waals surface area contributed by atoms with Crippen molar-refractivity contribution in [1.82, 2.24) is 9.80 Å². The van der Waals surface area contributed by atoms with Crippen molar-refractivity contribution in [2.45, 2.75) is 86.4 Å². The SMILES string of the molecule is COC(=O)[C@H](C)[C@@H](OC)[C@@H]1CCCN1C(=O)/C(C)=C/[C@H](C(C)C)N(C)C(=O)[C@@H](C)C(C)(C)C. The van der Waals surface area contributed by atoms with Gasteiger partial charge in [0.05, 0.1) is 31.2 Å². The monoisotopic (exact) mass is 466 g/mol. The van der Waals surface area contributed by atoms with Crippen LogP contribution in [0.15, 0.2) is 11.6 Å². The van der Waals surface area contributed by atoms with Gasteiger partial charge in [0.25, 0.3) is 0 Å². The van der Waals surface area contributed by atoms with E-state index in [2.05, 4.69) is 34.6 Å². The highest BCUT2D eigenvalue weighted by atomic mass is 16.5. The van der Waals surface area contributed by atoms with Crippen molar-refractivity contribution in [2.24, 2.45) is 23.2 Å². The lowest BCUT2D eigenvalue weighted by atomic mass is 9.81. The molecule has 190 valence electrons. The Bertz CT molecular complexity index is 725. The Kier molecular flexibility index (Phi) is 10.6. The third kappa shape index (κ3) is 7.05. The minimum Gasteiger partial charge on any atom is -0.469 e. The maximum atomic E-state index is 13.5. The topological polar surface area (TPSA) is 76.2 Å². The van der Waals surface area contributed by atoms with Gasteiger partial charge in [-0.3, -0.25) is 14.4 Å². The summed E-state index contributed by atoms with van der Waals surface area (Å²) in [5.41, 5.74) is 0.458. The molecule has 1 aliphatic heterocycles. The molecule has 0 aromatic carbocycles. The Balaban J connectivity index is 3.14. The van der Waals surface area contributed by atoms with Crippen LogP contribution >= 0.6 is 0 Å². The van der Waals surface area contributed by atoms with Crippen molar-refractivity contribution in [3.63, 3.8) is 0 Å². The molecule has 33 heavy (non-hydrogen) atoms. The largest absolute Gasteiger partial charge is 0.469 e. The van der Waals surface area contributed by atoms with Gasteiger partial charge in [0, 0.05) is 32.2 Å². The maximum absolute atomic E-state index is 13.5. The van der Waals surface area contributed by atoms with Crippen LogP contribution in [0.5, 0.6) is 0 Å². The van der Waals surface area contributed by atoms with E-state index in [1.54, 1.807) is 18.9 Å². The number of carbonyl (C=O) groups is 3. The Morgan fingerprint density at radius 3 is 2.12 bits per heavy atom. The molecule has 0 unspecified atom stereocenters. The lowest BCUT2D eigenvalue weighted by molar-refractivity contribution is -0.153. The summed E-state index contributed by atoms with van der Waals surface area (Å²) in [5, 5.41) is 0. The fraction of sp³-hybridized carbons (Fsp3) is 0.808. The molecule has 1 rings (SSSR count). The number of likely N-dealkylation sites (N-methyl/N-ethyl adjacent to an activating group) is 1. The van der Waals surface area contributed by atoms with Crippen molar-refractivity contribution in [2.75, 3.05) is 27.8 Å². The highest BCUT2D eigenvalue weighted by Crippen LogP contribution is 2.30. The lowest BCUT2D eigenvalue weighted by Crippen LogP contribution is -2.48. The Morgan fingerprint density at radius 2 is 1.67 bits per heavy atom. The van der Waals surface area contributed by atoms with Gasteiger partial charge in [-0.1, -0.05) is 47.6 Å². The van der Waals surface area contributed by atoms with E-state index >= 15 is 0 Å². The van der Waals surface area contributed by atoms with E-state index in [0.29, 0.717) is 12.1 Å². The van der Waals surface area contributed by atoms with Gasteiger partial charge in [-0.25, -0.2) is 0 Å². The zero-order valence-electron chi connectivity index (χ0n) is 22.6. The van der Waals surface area contributed by atoms with Crippen LogP contribution in [0.1, 0.15) is 68.2 Å². The van der Waals surface area contributed by atoms with Gasteiger partial charge in [0.1, 0.15) is 0 Å². The lowest BCUT2D eigenvalue weighted by Gasteiger charge is -2.36. The Morgan fingerprint density at radius 1 is 1.09 bits per heavy atom. The van der Waals surface area contributed by atoms with Gasteiger partial charge in [0.15, 0.2) is 0 Å². The highest BCUT2D eigenvalue weighted by molar-refractivity contribution is 5.93. The highest BCUT2D eigenvalue weighted by Gasteiger charge is 2.40. The zero-order chi connectivity index (χ0) is 25.7. The minimum atomic E-state index is -0.478. The van der Waals surface area contributed by atoms with Gasteiger partial charge in [0.2, 0.25) is 11.8 Å². The minimum absolute atomic E-state index is 0.0723. The number of hydrogen-bond acceptors (Lipinski definition) is 5. The van der Waals surface area contributed by atoms with E-state index in [1.807, 2.05) is 31.9 Å². The molecule has 0 aromatic heterocycles. The van der Waals surface area contributed by atoms with E-state index < -0.39 is 12.0 Å². The molecular weight excluding hydrogens is 420 g/mol. The molecule has 0 N–H and O–H groups in total. The van der Waals surface area contributed by atoms with Crippen molar-refractivity contribution >= 4 is 17.8 Å².